The second-order valence-electron chi connectivity index (χ2n) is 4.93. The number of carbonyl (C=O) groups excluding carboxylic acids is 1. The first-order valence-electron chi connectivity index (χ1n) is 7.20. The lowest BCUT2D eigenvalue weighted by molar-refractivity contribution is -0.122. The number of nitrogens with one attached hydrogen (secondary N) is 1. The highest BCUT2D eigenvalue weighted by Gasteiger charge is 2.20. The number of hydrogen-bond acceptors (Lipinski definition) is 3. The highest BCUT2D eigenvalue weighted by Crippen LogP contribution is 2.32. The third kappa shape index (κ3) is 4.69. The molecule has 0 aliphatic rings. The Morgan fingerprint density at radius 3 is 2.21 bits per heavy atom. The van der Waals surface area contributed by atoms with Crippen molar-refractivity contribution in [2.45, 2.75) is 19.4 Å². The lowest BCUT2D eigenvalue weighted by Gasteiger charge is -2.18. The quantitative estimate of drug-likeness (QED) is 0.669. The average molecular weight is 389 g/mol. The van der Waals surface area contributed by atoms with Gasteiger partial charge in [-0.2, -0.15) is 0 Å². The largest absolute Gasteiger partial charge is 0.497 e. The molecule has 1 amide bonds. The normalized spacial score (nSPS) is 11.7. The molecule has 4 nitrogen and oxygen atoms in total. The Morgan fingerprint density at radius 1 is 1.04 bits per heavy atom. The molecule has 0 aliphatic heterocycles. The standard InChI is InChI=1S/C17H16Cl3NO3/c1-3-16(24-11-6-4-10(23-2)5-7-11)17(22)21-15-9-13(19)12(18)8-14(15)20/h4-9,16H,3H2,1-2H3,(H,21,22)/t16-/m0/s1. The number of carbonyl (C=O) groups is 1. The predicted molar refractivity (Wildman–Crippen MR) is 97.8 cm³/mol. The van der Waals surface area contributed by atoms with Crippen LogP contribution in [0.2, 0.25) is 15.1 Å². The topological polar surface area (TPSA) is 47.6 Å². The Bertz CT molecular complexity index is 720. The Kier molecular flexibility index (Phi) is 6.60. The molecule has 24 heavy (non-hydrogen) atoms. The van der Waals surface area contributed by atoms with Gasteiger partial charge in [0.25, 0.3) is 5.91 Å². The number of anilines is 1. The summed E-state index contributed by atoms with van der Waals surface area (Å²) >= 11 is 17.9. The Balaban J connectivity index is 2.09. The van der Waals surface area contributed by atoms with Crippen molar-refractivity contribution >= 4 is 46.4 Å². The van der Waals surface area contributed by atoms with Gasteiger partial charge in [0.1, 0.15) is 11.5 Å². The van der Waals surface area contributed by atoms with Gasteiger partial charge in [0.2, 0.25) is 0 Å². The molecule has 1 N–H and O–H groups in total. The molecule has 0 spiro atoms. The third-order valence-electron chi connectivity index (χ3n) is 3.27. The second kappa shape index (κ2) is 8.47. The molecule has 1 atom stereocenters. The molecule has 2 rings (SSSR count). The molecule has 0 aromatic heterocycles. The van der Waals surface area contributed by atoms with Crippen LogP contribution in [-0.2, 0) is 4.79 Å². The SMILES string of the molecule is CC[C@H](Oc1ccc(OC)cc1)C(=O)Nc1cc(Cl)c(Cl)cc1Cl. The van der Waals surface area contributed by atoms with E-state index in [1.54, 1.807) is 31.4 Å². The number of benzene rings is 2. The predicted octanol–water partition coefficient (Wildman–Crippen LogP) is 5.45. The van der Waals surface area contributed by atoms with Gasteiger partial charge in [0.15, 0.2) is 6.10 Å². The summed E-state index contributed by atoms with van der Waals surface area (Å²) in [6.07, 6.45) is -0.194. The molecule has 0 heterocycles. The fourth-order valence-corrected chi connectivity index (χ4v) is 2.57. The van der Waals surface area contributed by atoms with Crippen molar-refractivity contribution in [2.75, 3.05) is 12.4 Å². The number of rotatable bonds is 6. The van der Waals surface area contributed by atoms with Gasteiger partial charge in [-0.3, -0.25) is 4.79 Å². The Hall–Kier alpha value is -1.62. The summed E-state index contributed by atoms with van der Waals surface area (Å²) in [5, 5.41) is 3.64. The minimum absolute atomic E-state index is 0.303. The highest BCUT2D eigenvalue weighted by atomic mass is 35.5. The van der Waals surface area contributed by atoms with Crippen molar-refractivity contribution in [3.8, 4) is 11.5 Å². The van der Waals surface area contributed by atoms with E-state index in [9.17, 15) is 4.79 Å². The van der Waals surface area contributed by atoms with Crippen LogP contribution in [0, 0.1) is 0 Å². The fourth-order valence-electron chi connectivity index (χ4n) is 1.97. The first-order chi connectivity index (χ1) is 11.4. The van der Waals surface area contributed by atoms with Crippen LogP contribution in [0.25, 0.3) is 0 Å². The molecule has 2 aromatic rings. The van der Waals surface area contributed by atoms with E-state index in [0.29, 0.717) is 38.7 Å². The lowest BCUT2D eigenvalue weighted by Crippen LogP contribution is -2.32. The maximum Gasteiger partial charge on any atom is 0.265 e. The van der Waals surface area contributed by atoms with Crippen LogP contribution in [0.3, 0.4) is 0 Å². The van der Waals surface area contributed by atoms with Crippen molar-refractivity contribution < 1.29 is 14.3 Å². The number of halogens is 3. The zero-order valence-corrected chi connectivity index (χ0v) is 15.4. The first kappa shape index (κ1) is 18.7. The van der Waals surface area contributed by atoms with Crippen molar-refractivity contribution in [1.82, 2.24) is 0 Å². The number of hydrogen-bond donors (Lipinski definition) is 1. The molecule has 0 aliphatic carbocycles. The van der Waals surface area contributed by atoms with Crippen molar-refractivity contribution in [3.05, 3.63) is 51.5 Å². The maximum atomic E-state index is 12.4. The molecule has 128 valence electrons. The molecule has 0 unspecified atom stereocenters. The van der Waals surface area contributed by atoms with E-state index >= 15 is 0 Å². The van der Waals surface area contributed by atoms with Crippen LogP contribution in [-0.4, -0.2) is 19.1 Å². The number of amides is 1. The summed E-state index contributed by atoms with van der Waals surface area (Å²) in [4.78, 5) is 12.4. The van der Waals surface area contributed by atoms with Crippen molar-refractivity contribution in [1.29, 1.82) is 0 Å². The van der Waals surface area contributed by atoms with Gasteiger partial charge in [-0.15, -0.1) is 0 Å². The molecule has 0 saturated heterocycles. The molecule has 0 saturated carbocycles. The van der Waals surface area contributed by atoms with Crippen molar-refractivity contribution in [3.63, 3.8) is 0 Å². The Labute approximate surface area is 155 Å². The van der Waals surface area contributed by atoms with E-state index in [-0.39, 0.29) is 5.91 Å². The van der Waals surface area contributed by atoms with Crippen LogP contribution in [0.5, 0.6) is 11.5 Å². The van der Waals surface area contributed by atoms with E-state index in [0.717, 1.165) is 0 Å². The van der Waals surface area contributed by atoms with Crippen LogP contribution in [0.15, 0.2) is 36.4 Å². The van der Waals surface area contributed by atoms with Gasteiger partial charge >= 0.3 is 0 Å². The zero-order valence-electron chi connectivity index (χ0n) is 13.1. The van der Waals surface area contributed by atoms with E-state index in [4.69, 9.17) is 44.3 Å². The molecule has 7 heteroatoms. The smallest absolute Gasteiger partial charge is 0.265 e. The molecule has 2 aromatic carbocycles. The van der Waals surface area contributed by atoms with E-state index in [1.165, 1.54) is 12.1 Å². The van der Waals surface area contributed by atoms with Gasteiger partial charge in [-0.25, -0.2) is 0 Å². The number of ether oxygens (including phenoxy) is 2. The first-order valence-corrected chi connectivity index (χ1v) is 8.34. The van der Waals surface area contributed by atoms with E-state index in [1.807, 2.05) is 6.92 Å². The van der Waals surface area contributed by atoms with Crippen LogP contribution < -0.4 is 14.8 Å². The lowest BCUT2D eigenvalue weighted by atomic mass is 10.2. The molecular formula is C17H16Cl3NO3. The fraction of sp³-hybridized carbons (Fsp3) is 0.235. The zero-order chi connectivity index (χ0) is 17.7. The summed E-state index contributed by atoms with van der Waals surface area (Å²) < 4.78 is 10.8. The minimum atomic E-state index is -0.677. The number of methoxy groups -OCH3 is 1. The maximum absolute atomic E-state index is 12.4. The van der Waals surface area contributed by atoms with Crippen LogP contribution in [0.4, 0.5) is 5.69 Å². The summed E-state index contributed by atoms with van der Waals surface area (Å²) in [6.45, 7) is 1.85. The minimum Gasteiger partial charge on any atom is -0.497 e. The Morgan fingerprint density at radius 2 is 1.62 bits per heavy atom. The highest BCUT2D eigenvalue weighted by molar-refractivity contribution is 6.44. The van der Waals surface area contributed by atoms with Crippen LogP contribution >= 0.6 is 34.8 Å². The molecule has 0 radical (unpaired) electrons. The van der Waals surface area contributed by atoms with Gasteiger partial charge in [0, 0.05) is 0 Å². The molecule has 0 bridgehead atoms. The van der Waals surface area contributed by atoms with Crippen molar-refractivity contribution in [2.24, 2.45) is 0 Å². The molecular weight excluding hydrogens is 373 g/mol. The summed E-state index contributed by atoms with van der Waals surface area (Å²) in [5.41, 5.74) is 0.382. The summed E-state index contributed by atoms with van der Waals surface area (Å²) in [6, 6.07) is 9.98. The molecule has 0 fully saturated rings. The van der Waals surface area contributed by atoms with Gasteiger partial charge in [0.05, 0.1) is 27.9 Å². The van der Waals surface area contributed by atoms with E-state index < -0.39 is 6.10 Å². The van der Waals surface area contributed by atoms with E-state index in [2.05, 4.69) is 5.32 Å². The monoisotopic (exact) mass is 387 g/mol. The summed E-state index contributed by atoms with van der Waals surface area (Å²) in [7, 11) is 1.58. The van der Waals surface area contributed by atoms with Gasteiger partial charge < -0.3 is 14.8 Å². The van der Waals surface area contributed by atoms with Gasteiger partial charge in [-0.05, 0) is 42.8 Å². The van der Waals surface area contributed by atoms with Crippen LogP contribution in [0.1, 0.15) is 13.3 Å². The van der Waals surface area contributed by atoms with Gasteiger partial charge in [-0.1, -0.05) is 41.7 Å². The second-order valence-corrected chi connectivity index (χ2v) is 6.15. The average Bonchev–Trinajstić information content (AvgIpc) is 2.58. The third-order valence-corrected chi connectivity index (χ3v) is 4.30. The summed E-state index contributed by atoms with van der Waals surface area (Å²) in [5.74, 6) is 0.953.